The van der Waals surface area contributed by atoms with Crippen molar-refractivity contribution in [3.8, 4) is 0 Å². The molecule has 2 rings (SSSR count). The Morgan fingerprint density at radius 3 is 2.48 bits per heavy atom. The molecule has 0 saturated heterocycles. The number of aryl methyl sites for hydroxylation is 1. The topological polar surface area (TPSA) is 94.8 Å². The lowest BCUT2D eigenvalue weighted by molar-refractivity contribution is -0.147. The van der Waals surface area contributed by atoms with Crippen LogP contribution in [0.2, 0.25) is 0 Å². The molecule has 7 nitrogen and oxygen atoms in total. The summed E-state index contributed by atoms with van der Waals surface area (Å²) in [6.07, 6.45) is 2.08. The molecule has 1 amide bonds. The Hall–Kier alpha value is -3.09. The summed E-state index contributed by atoms with van der Waals surface area (Å²) in [5, 5.41) is 2.58. The zero-order valence-corrected chi connectivity index (χ0v) is 13.8. The van der Waals surface area contributed by atoms with E-state index in [1.165, 1.54) is 6.26 Å². The Bertz CT molecular complexity index is 706. The van der Waals surface area contributed by atoms with E-state index in [9.17, 15) is 14.4 Å². The van der Waals surface area contributed by atoms with Crippen molar-refractivity contribution < 1.29 is 28.3 Å². The molecule has 1 N–H and O–H groups in total. The van der Waals surface area contributed by atoms with E-state index in [0.29, 0.717) is 30.0 Å². The Kier molecular flexibility index (Phi) is 6.76. The molecule has 0 aliphatic rings. The summed E-state index contributed by atoms with van der Waals surface area (Å²) in [5.74, 6) is -0.687. The van der Waals surface area contributed by atoms with Gasteiger partial charge in [-0.1, -0.05) is 0 Å². The molecule has 1 aromatic carbocycles. The minimum Gasteiger partial charge on any atom is -0.469 e. The van der Waals surface area contributed by atoms with Gasteiger partial charge in [0.2, 0.25) is 0 Å². The average Bonchev–Trinajstić information content (AvgIpc) is 3.12. The third kappa shape index (κ3) is 6.14. The molecule has 0 unspecified atom stereocenters. The summed E-state index contributed by atoms with van der Waals surface area (Å²) < 4.78 is 14.9. The van der Waals surface area contributed by atoms with Crippen LogP contribution in [0.1, 0.15) is 29.5 Å². The van der Waals surface area contributed by atoms with Gasteiger partial charge in [-0.25, -0.2) is 4.79 Å². The first-order valence-corrected chi connectivity index (χ1v) is 7.83. The van der Waals surface area contributed by atoms with Crippen LogP contribution in [0.4, 0.5) is 5.69 Å². The van der Waals surface area contributed by atoms with Crippen LogP contribution >= 0.6 is 0 Å². The van der Waals surface area contributed by atoms with Crippen molar-refractivity contribution in [2.45, 2.75) is 19.8 Å². The number of hydrogen-bond donors (Lipinski definition) is 1. The van der Waals surface area contributed by atoms with E-state index in [4.69, 9.17) is 13.9 Å². The molecule has 0 aliphatic carbocycles. The highest BCUT2D eigenvalue weighted by atomic mass is 16.5. The van der Waals surface area contributed by atoms with E-state index in [2.05, 4.69) is 5.32 Å². The summed E-state index contributed by atoms with van der Waals surface area (Å²) >= 11 is 0. The highest BCUT2D eigenvalue weighted by Crippen LogP contribution is 2.11. The highest BCUT2D eigenvalue weighted by Gasteiger charge is 2.10. The summed E-state index contributed by atoms with van der Waals surface area (Å²) in [6.45, 7) is 1.64. The molecule has 0 fully saturated rings. The maximum atomic E-state index is 11.8. The molecule has 25 heavy (non-hydrogen) atoms. The van der Waals surface area contributed by atoms with Crippen LogP contribution in [0.15, 0.2) is 47.1 Å². The zero-order chi connectivity index (χ0) is 18.1. The van der Waals surface area contributed by atoms with Gasteiger partial charge in [-0.15, -0.1) is 0 Å². The molecule has 0 radical (unpaired) electrons. The van der Waals surface area contributed by atoms with E-state index in [1.54, 1.807) is 43.3 Å². The Labute approximate surface area is 144 Å². The van der Waals surface area contributed by atoms with Gasteiger partial charge in [0.05, 0.1) is 24.9 Å². The maximum absolute atomic E-state index is 11.8. The standard InChI is InChI=1S/C18H19NO6/c1-2-23-18(22)13-5-7-14(8-6-13)19-16(20)12-25-17(21)10-9-15-4-3-11-24-15/h3-8,11H,2,9-10,12H2,1H3,(H,19,20). The number of ether oxygens (including phenoxy) is 2. The average molecular weight is 345 g/mol. The third-order valence-corrected chi connectivity index (χ3v) is 3.20. The minimum atomic E-state index is -0.482. The molecule has 132 valence electrons. The van der Waals surface area contributed by atoms with Gasteiger partial charge in [0.15, 0.2) is 6.61 Å². The molecule has 0 saturated carbocycles. The number of carbonyl (C=O) groups is 3. The van der Waals surface area contributed by atoms with Gasteiger partial charge in [0.1, 0.15) is 5.76 Å². The molecule has 0 spiro atoms. The number of amides is 1. The smallest absolute Gasteiger partial charge is 0.338 e. The lowest BCUT2D eigenvalue weighted by Gasteiger charge is -2.07. The summed E-state index contributed by atoms with van der Waals surface area (Å²) in [4.78, 5) is 34.9. The van der Waals surface area contributed by atoms with E-state index in [0.717, 1.165) is 0 Å². The van der Waals surface area contributed by atoms with E-state index in [-0.39, 0.29) is 13.0 Å². The fourth-order valence-corrected chi connectivity index (χ4v) is 2.00. The second-order valence-corrected chi connectivity index (χ2v) is 5.09. The van der Waals surface area contributed by atoms with Crippen LogP contribution in [-0.2, 0) is 25.5 Å². The van der Waals surface area contributed by atoms with E-state index in [1.807, 2.05) is 0 Å². The second-order valence-electron chi connectivity index (χ2n) is 5.09. The van der Waals surface area contributed by atoms with Crippen LogP contribution < -0.4 is 5.32 Å². The van der Waals surface area contributed by atoms with Gasteiger partial charge in [0.25, 0.3) is 5.91 Å². The number of esters is 2. The molecule has 2 aromatic rings. The van der Waals surface area contributed by atoms with E-state index < -0.39 is 17.8 Å². The largest absolute Gasteiger partial charge is 0.469 e. The van der Waals surface area contributed by atoms with E-state index >= 15 is 0 Å². The first kappa shape index (κ1) is 18.3. The second kappa shape index (κ2) is 9.27. The Morgan fingerprint density at radius 2 is 1.84 bits per heavy atom. The van der Waals surface area contributed by atoms with Crippen molar-refractivity contribution in [3.63, 3.8) is 0 Å². The molecule has 1 heterocycles. The van der Waals surface area contributed by atoms with Crippen molar-refractivity contribution in [3.05, 3.63) is 54.0 Å². The monoisotopic (exact) mass is 345 g/mol. The lowest BCUT2D eigenvalue weighted by Crippen LogP contribution is -2.21. The molecular weight excluding hydrogens is 326 g/mol. The molecule has 1 aromatic heterocycles. The number of furan rings is 1. The Morgan fingerprint density at radius 1 is 1.08 bits per heavy atom. The maximum Gasteiger partial charge on any atom is 0.338 e. The van der Waals surface area contributed by atoms with Crippen LogP contribution in [0, 0.1) is 0 Å². The number of nitrogens with one attached hydrogen (secondary N) is 1. The SMILES string of the molecule is CCOC(=O)c1ccc(NC(=O)COC(=O)CCc2ccco2)cc1. The quantitative estimate of drug-likeness (QED) is 0.739. The van der Waals surface area contributed by atoms with Gasteiger partial charge in [-0.05, 0) is 43.3 Å². The molecular formula is C18H19NO6. The first-order valence-electron chi connectivity index (χ1n) is 7.83. The number of rotatable bonds is 8. The van der Waals surface area contributed by atoms with Crippen LogP contribution in [-0.4, -0.2) is 31.1 Å². The van der Waals surface area contributed by atoms with Crippen LogP contribution in [0.5, 0.6) is 0 Å². The lowest BCUT2D eigenvalue weighted by atomic mass is 10.2. The molecule has 0 atom stereocenters. The van der Waals surface area contributed by atoms with Crippen molar-refractivity contribution in [2.75, 3.05) is 18.5 Å². The van der Waals surface area contributed by atoms with Gasteiger partial charge in [-0.2, -0.15) is 0 Å². The minimum absolute atomic E-state index is 0.134. The van der Waals surface area contributed by atoms with Gasteiger partial charge >= 0.3 is 11.9 Å². The van der Waals surface area contributed by atoms with Crippen molar-refractivity contribution >= 4 is 23.5 Å². The van der Waals surface area contributed by atoms with Gasteiger partial charge in [0, 0.05) is 12.1 Å². The number of carbonyl (C=O) groups excluding carboxylic acids is 3. The molecule has 0 bridgehead atoms. The van der Waals surface area contributed by atoms with Crippen molar-refractivity contribution in [2.24, 2.45) is 0 Å². The van der Waals surface area contributed by atoms with Crippen LogP contribution in [0.25, 0.3) is 0 Å². The predicted octanol–water partition coefficient (Wildman–Crippen LogP) is 2.57. The fourth-order valence-electron chi connectivity index (χ4n) is 2.00. The highest BCUT2D eigenvalue weighted by molar-refractivity contribution is 5.94. The number of benzene rings is 1. The third-order valence-electron chi connectivity index (χ3n) is 3.20. The van der Waals surface area contributed by atoms with Crippen molar-refractivity contribution in [1.82, 2.24) is 0 Å². The summed E-state index contributed by atoms with van der Waals surface area (Å²) in [7, 11) is 0. The van der Waals surface area contributed by atoms with Crippen LogP contribution in [0.3, 0.4) is 0 Å². The number of hydrogen-bond acceptors (Lipinski definition) is 6. The first-order chi connectivity index (χ1) is 12.1. The normalized spacial score (nSPS) is 10.1. The molecule has 0 aliphatic heterocycles. The fraction of sp³-hybridized carbons (Fsp3) is 0.278. The van der Waals surface area contributed by atoms with Gasteiger partial charge < -0.3 is 19.2 Å². The molecule has 7 heteroatoms. The number of anilines is 1. The summed E-state index contributed by atoms with van der Waals surface area (Å²) in [5.41, 5.74) is 0.883. The zero-order valence-electron chi connectivity index (χ0n) is 13.8. The van der Waals surface area contributed by atoms with Gasteiger partial charge in [-0.3, -0.25) is 9.59 Å². The van der Waals surface area contributed by atoms with Crippen molar-refractivity contribution in [1.29, 1.82) is 0 Å². The Balaban J connectivity index is 1.72. The predicted molar refractivity (Wildman–Crippen MR) is 89.0 cm³/mol. The summed E-state index contributed by atoms with van der Waals surface area (Å²) in [6, 6.07) is 9.74.